The van der Waals surface area contributed by atoms with Gasteiger partial charge in [-0.05, 0) is 19.9 Å². The summed E-state index contributed by atoms with van der Waals surface area (Å²) in [4.78, 5) is 3.95. The van der Waals surface area contributed by atoms with Gasteiger partial charge in [0.25, 0.3) is 0 Å². The summed E-state index contributed by atoms with van der Waals surface area (Å²) in [5.74, 6) is 0.575. The zero-order valence-electron chi connectivity index (χ0n) is 5.89. The minimum absolute atomic E-state index is 0.575. The summed E-state index contributed by atoms with van der Waals surface area (Å²) in [5.41, 5.74) is 6.18. The van der Waals surface area contributed by atoms with Gasteiger partial charge in [0, 0.05) is 5.70 Å². The Morgan fingerprint density at radius 1 is 1.56 bits per heavy atom. The van der Waals surface area contributed by atoms with Crippen molar-refractivity contribution in [2.75, 3.05) is 0 Å². The minimum atomic E-state index is 0.575. The molecule has 0 aromatic rings. The zero-order chi connectivity index (χ0) is 7.28. The van der Waals surface area contributed by atoms with Crippen LogP contribution in [-0.4, -0.2) is 5.84 Å². The Hall–Kier alpha value is -1.05. The van der Waals surface area contributed by atoms with Crippen molar-refractivity contribution in [2.24, 2.45) is 10.7 Å². The van der Waals surface area contributed by atoms with Gasteiger partial charge in [0.1, 0.15) is 0 Å². The van der Waals surface area contributed by atoms with E-state index in [0.717, 1.165) is 5.70 Å². The average Bonchev–Trinajstić information content (AvgIpc) is 1.63. The molecule has 0 unspecified atom stereocenters. The Kier molecular flexibility index (Phi) is 3.44. The highest BCUT2D eigenvalue weighted by molar-refractivity contribution is 5.78. The molecule has 2 heteroatoms. The third-order valence-electron chi connectivity index (χ3n) is 0.712. The first kappa shape index (κ1) is 7.95. The van der Waals surface area contributed by atoms with E-state index in [0.29, 0.717) is 5.84 Å². The zero-order valence-corrected chi connectivity index (χ0v) is 5.89. The number of nitrogens with zero attached hydrogens (tertiary/aromatic N) is 1. The highest BCUT2D eigenvalue weighted by Crippen LogP contribution is 1.92. The maximum absolute atomic E-state index is 5.30. The standard InChI is InChI=1S/C7H12N2/c1-4-5-6(2)9-7(3)8/h4-5H,1H2,2-3H3,(H2,8,9)/b6-5-. The molecular weight excluding hydrogens is 112 g/mol. The van der Waals surface area contributed by atoms with Crippen LogP contribution >= 0.6 is 0 Å². The Morgan fingerprint density at radius 3 is 2.44 bits per heavy atom. The van der Waals surface area contributed by atoms with E-state index >= 15 is 0 Å². The van der Waals surface area contributed by atoms with Crippen molar-refractivity contribution >= 4 is 5.84 Å². The normalized spacial score (nSPS) is 13.6. The van der Waals surface area contributed by atoms with Crippen LogP contribution in [0.5, 0.6) is 0 Å². The number of aliphatic imine (C=N–C) groups is 1. The van der Waals surface area contributed by atoms with Crippen LogP contribution in [0, 0.1) is 0 Å². The molecule has 50 valence electrons. The predicted molar refractivity (Wildman–Crippen MR) is 41.3 cm³/mol. The molecule has 0 radical (unpaired) electrons. The summed E-state index contributed by atoms with van der Waals surface area (Å²) in [6, 6.07) is 0. The first-order chi connectivity index (χ1) is 4.16. The van der Waals surface area contributed by atoms with E-state index in [9.17, 15) is 0 Å². The van der Waals surface area contributed by atoms with E-state index in [2.05, 4.69) is 11.6 Å². The summed E-state index contributed by atoms with van der Waals surface area (Å²) < 4.78 is 0. The fourth-order valence-corrected chi connectivity index (χ4v) is 0.486. The van der Waals surface area contributed by atoms with Gasteiger partial charge in [-0.25, -0.2) is 4.99 Å². The summed E-state index contributed by atoms with van der Waals surface area (Å²) >= 11 is 0. The number of nitrogens with two attached hydrogens (primary N) is 1. The number of hydrogen-bond donors (Lipinski definition) is 1. The molecule has 0 amide bonds. The number of hydrogen-bond acceptors (Lipinski definition) is 1. The van der Waals surface area contributed by atoms with Crippen molar-refractivity contribution in [3.63, 3.8) is 0 Å². The van der Waals surface area contributed by atoms with Crippen LogP contribution in [0.2, 0.25) is 0 Å². The fourth-order valence-electron chi connectivity index (χ4n) is 0.486. The molecule has 0 spiro atoms. The monoisotopic (exact) mass is 124 g/mol. The van der Waals surface area contributed by atoms with E-state index in [4.69, 9.17) is 5.73 Å². The first-order valence-electron chi connectivity index (χ1n) is 2.77. The van der Waals surface area contributed by atoms with E-state index in [1.54, 1.807) is 19.1 Å². The van der Waals surface area contributed by atoms with E-state index < -0.39 is 0 Å². The maximum atomic E-state index is 5.30. The molecule has 0 bridgehead atoms. The lowest BCUT2D eigenvalue weighted by Gasteiger charge is -1.89. The Labute approximate surface area is 55.8 Å². The second-order valence-corrected chi connectivity index (χ2v) is 1.80. The van der Waals surface area contributed by atoms with Crippen LogP contribution in [0.4, 0.5) is 0 Å². The van der Waals surface area contributed by atoms with Crippen LogP contribution in [-0.2, 0) is 0 Å². The van der Waals surface area contributed by atoms with Crippen molar-refractivity contribution in [3.05, 3.63) is 24.4 Å². The highest BCUT2D eigenvalue weighted by atomic mass is 14.8. The quantitative estimate of drug-likeness (QED) is 0.338. The lowest BCUT2D eigenvalue weighted by atomic mass is 10.4. The number of rotatable bonds is 2. The van der Waals surface area contributed by atoms with Gasteiger partial charge in [0.2, 0.25) is 0 Å². The van der Waals surface area contributed by atoms with Gasteiger partial charge >= 0.3 is 0 Å². The van der Waals surface area contributed by atoms with Crippen molar-refractivity contribution in [1.82, 2.24) is 0 Å². The van der Waals surface area contributed by atoms with Crippen LogP contribution in [0.1, 0.15) is 13.8 Å². The third-order valence-corrected chi connectivity index (χ3v) is 0.712. The van der Waals surface area contributed by atoms with Gasteiger partial charge in [-0.1, -0.05) is 12.7 Å². The maximum Gasteiger partial charge on any atom is 0.0960 e. The van der Waals surface area contributed by atoms with Crippen molar-refractivity contribution < 1.29 is 0 Å². The van der Waals surface area contributed by atoms with E-state index in [-0.39, 0.29) is 0 Å². The van der Waals surface area contributed by atoms with Crippen molar-refractivity contribution in [3.8, 4) is 0 Å². The second-order valence-electron chi connectivity index (χ2n) is 1.80. The Bertz CT molecular complexity index is 150. The van der Waals surface area contributed by atoms with Crippen molar-refractivity contribution in [2.45, 2.75) is 13.8 Å². The molecule has 0 aliphatic carbocycles. The highest BCUT2D eigenvalue weighted by Gasteiger charge is 1.79. The van der Waals surface area contributed by atoms with Crippen LogP contribution in [0.15, 0.2) is 29.4 Å². The van der Waals surface area contributed by atoms with Gasteiger partial charge in [-0.3, -0.25) is 0 Å². The summed E-state index contributed by atoms with van der Waals surface area (Å²) in [6.45, 7) is 7.14. The third kappa shape index (κ3) is 4.81. The molecular formula is C7H12N2. The molecule has 0 saturated carbocycles. The molecule has 0 rings (SSSR count). The largest absolute Gasteiger partial charge is 0.387 e. The molecule has 0 aromatic heterocycles. The van der Waals surface area contributed by atoms with Crippen LogP contribution < -0.4 is 5.73 Å². The predicted octanol–water partition coefficient (Wildman–Crippen LogP) is 1.45. The van der Waals surface area contributed by atoms with Crippen molar-refractivity contribution in [1.29, 1.82) is 0 Å². The molecule has 0 fully saturated rings. The molecule has 0 aliphatic heterocycles. The molecule has 0 atom stereocenters. The molecule has 0 saturated heterocycles. The summed E-state index contributed by atoms with van der Waals surface area (Å²) in [5, 5.41) is 0. The average molecular weight is 124 g/mol. The first-order valence-corrected chi connectivity index (χ1v) is 2.77. The number of allylic oxidation sites excluding steroid dienone is 3. The number of amidine groups is 1. The van der Waals surface area contributed by atoms with Crippen LogP contribution in [0.25, 0.3) is 0 Å². The molecule has 2 nitrogen and oxygen atoms in total. The summed E-state index contributed by atoms with van der Waals surface area (Å²) in [6.07, 6.45) is 3.48. The smallest absolute Gasteiger partial charge is 0.0960 e. The second kappa shape index (κ2) is 3.89. The Balaban J connectivity index is 4.05. The van der Waals surface area contributed by atoms with Gasteiger partial charge in [0.15, 0.2) is 0 Å². The Morgan fingerprint density at radius 2 is 2.11 bits per heavy atom. The molecule has 0 aliphatic rings. The molecule has 0 heterocycles. The molecule has 9 heavy (non-hydrogen) atoms. The lowest BCUT2D eigenvalue weighted by molar-refractivity contribution is 1.28. The van der Waals surface area contributed by atoms with Crippen LogP contribution in [0.3, 0.4) is 0 Å². The molecule has 0 aromatic carbocycles. The topological polar surface area (TPSA) is 38.4 Å². The fraction of sp³-hybridized carbons (Fsp3) is 0.286. The van der Waals surface area contributed by atoms with Gasteiger partial charge < -0.3 is 5.73 Å². The van der Waals surface area contributed by atoms with Gasteiger partial charge in [-0.2, -0.15) is 0 Å². The van der Waals surface area contributed by atoms with E-state index in [1.165, 1.54) is 0 Å². The molecule has 2 N–H and O–H groups in total. The lowest BCUT2D eigenvalue weighted by Crippen LogP contribution is -2.04. The van der Waals surface area contributed by atoms with Gasteiger partial charge in [0.05, 0.1) is 5.84 Å². The SMILES string of the molecule is C=C/C=C(C)\N=C(\C)N. The van der Waals surface area contributed by atoms with Gasteiger partial charge in [-0.15, -0.1) is 0 Å². The minimum Gasteiger partial charge on any atom is -0.387 e. The van der Waals surface area contributed by atoms with E-state index in [1.807, 2.05) is 6.92 Å². The summed E-state index contributed by atoms with van der Waals surface area (Å²) in [7, 11) is 0.